The highest BCUT2D eigenvalue weighted by Crippen LogP contribution is 2.60. The summed E-state index contributed by atoms with van der Waals surface area (Å²) in [5, 5.41) is 0. The average molecular weight is 307 g/mol. The van der Waals surface area contributed by atoms with Gasteiger partial charge in [-0.15, -0.1) is 0 Å². The quantitative estimate of drug-likeness (QED) is 0.932. The lowest BCUT2D eigenvalue weighted by Gasteiger charge is -2.56. The van der Waals surface area contributed by atoms with Crippen molar-refractivity contribution in [3.8, 4) is 0 Å². The standard InChI is InChI=1S/C16H21NO3S/c18-21(19,12-6-2-1-3-7-12)17-14-13-8-11-20-15(13)16(14)9-4-5-10-16/h1-3,6-7,13-15,17H,4-5,8-11H2/t13-,14+,15+/m0/s1. The molecule has 3 aliphatic rings. The molecule has 21 heavy (non-hydrogen) atoms. The van der Waals surface area contributed by atoms with Crippen molar-refractivity contribution in [1.82, 2.24) is 4.72 Å². The molecule has 2 aliphatic carbocycles. The largest absolute Gasteiger partial charge is 0.377 e. The first-order valence-electron chi connectivity index (χ1n) is 7.82. The van der Waals surface area contributed by atoms with Crippen LogP contribution in [0.15, 0.2) is 35.2 Å². The third-order valence-corrected chi connectivity index (χ3v) is 7.08. The third kappa shape index (κ3) is 1.98. The minimum Gasteiger partial charge on any atom is -0.377 e. The van der Waals surface area contributed by atoms with Crippen LogP contribution in [0.1, 0.15) is 32.1 Å². The lowest BCUT2D eigenvalue weighted by atomic mass is 9.55. The van der Waals surface area contributed by atoms with Gasteiger partial charge >= 0.3 is 0 Å². The Balaban J connectivity index is 1.61. The molecule has 4 rings (SSSR count). The predicted octanol–water partition coefficient (Wildman–Crippen LogP) is 2.31. The summed E-state index contributed by atoms with van der Waals surface area (Å²) in [6.07, 6.45) is 5.83. The first-order chi connectivity index (χ1) is 10.1. The van der Waals surface area contributed by atoms with Crippen LogP contribution in [-0.4, -0.2) is 27.2 Å². The maximum atomic E-state index is 12.6. The number of benzene rings is 1. The summed E-state index contributed by atoms with van der Waals surface area (Å²) in [6.45, 7) is 0.778. The van der Waals surface area contributed by atoms with Gasteiger partial charge in [-0.25, -0.2) is 13.1 Å². The monoisotopic (exact) mass is 307 g/mol. The van der Waals surface area contributed by atoms with Crippen molar-refractivity contribution >= 4 is 10.0 Å². The fraction of sp³-hybridized carbons (Fsp3) is 0.625. The van der Waals surface area contributed by atoms with E-state index in [1.165, 1.54) is 12.8 Å². The lowest BCUT2D eigenvalue weighted by Crippen LogP contribution is -2.68. The van der Waals surface area contributed by atoms with Gasteiger partial charge in [-0.2, -0.15) is 0 Å². The van der Waals surface area contributed by atoms with Crippen molar-refractivity contribution in [1.29, 1.82) is 0 Å². The number of hydrogen-bond acceptors (Lipinski definition) is 3. The fourth-order valence-electron chi connectivity index (χ4n) is 4.69. The molecule has 3 atom stereocenters. The molecule has 3 fully saturated rings. The molecular formula is C16H21NO3S. The highest BCUT2D eigenvalue weighted by molar-refractivity contribution is 7.89. The molecule has 1 N–H and O–H groups in total. The van der Waals surface area contributed by atoms with E-state index in [1.54, 1.807) is 24.3 Å². The zero-order valence-corrected chi connectivity index (χ0v) is 12.8. The van der Waals surface area contributed by atoms with Crippen LogP contribution in [0.2, 0.25) is 0 Å². The van der Waals surface area contributed by atoms with E-state index in [-0.39, 0.29) is 17.6 Å². The molecular weight excluding hydrogens is 286 g/mol. The van der Waals surface area contributed by atoms with Gasteiger partial charge in [0.15, 0.2) is 0 Å². The molecule has 114 valence electrons. The number of fused-ring (bicyclic) bond motifs is 2. The average Bonchev–Trinajstić information content (AvgIpc) is 3.14. The SMILES string of the molecule is O=S(=O)(N[C@@H]1[C@@H]2CCO[C@H]2C12CCCC2)c1ccccc1. The molecule has 1 heterocycles. The number of hydrogen-bond donors (Lipinski definition) is 1. The van der Waals surface area contributed by atoms with Crippen LogP contribution in [0.4, 0.5) is 0 Å². The minimum atomic E-state index is -3.43. The normalized spacial score (nSPS) is 33.8. The zero-order valence-electron chi connectivity index (χ0n) is 12.0. The van der Waals surface area contributed by atoms with Crippen molar-refractivity contribution in [2.45, 2.75) is 49.1 Å². The summed E-state index contributed by atoms with van der Waals surface area (Å²) in [7, 11) is -3.43. The van der Waals surface area contributed by atoms with Crippen molar-refractivity contribution < 1.29 is 13.2 Å². The van der Waals surface area contributed by atoms with E-state index in [9.17, 15) is 8.42 Å². The van der Waals surface area contributed by atoms with Crippen molar-refractivity contribution in [2.75, 3.05) is 6.61 Å². The molecule has 0 bridgehead atoms. The Morgan fingerprint density at radius 2 is 1.86 bits per heavy atom. The summed E-state index contributed by atoms with van der Waals surface area (Å²) < 4.78 is 34.1. The molecule has 1 aliphatic heterocycles. The lowest BCUT2D eigenvalue weighted by molar-refractivity contribution is -0.123. The van der Waals surface area contributed by atoms with Gasteiger partial charge < -0.3 is 4.74 Å². The van der Waals surface area contributed by atoms with E-state index in [2.05, 4.69) is 4.72 Å². The smallest absolute Gasteiger partial charge is 0.240 e. The molecule has 2 saturated carbocycles. The van der Waals surface area contributed by atoms with Gasteiger partial charge in [0.25, 0.3) is 0 Å². The van der Waals surface area contributed by atoms with Gasteiger partial charge in [0.2, 0.25) is 10.0 Å². The van der Waals surface area contributed by atoms with Crippen LogP contribution in [0.25, 0.3) is 0 Å². The van der Waals surface area contributed by atoms with Crippen LogP contribution in [0.3, 0.4) is 0 Å². The molecule has 0 amide bonds. The summed E-state index contributed by atoms with van der Waals surface area (Å²) in [5.41, 5.74) is 0.0585. The summed E-state index contributed by atoms with van der Waals surface area (Å²) in [5.74, 6) is 0.363. The third-order valence-electron chi connectivity index (χ3n) is 5.62. The molecule has 0 unspecified atom stereocenters. The molecule has 5 heteroatoms. The Kier molecular flexibility index (Phi) is 3.14. The van der Waals surface area contributed by atoms with Crippen LogP contribution in [0, 0.1) is 11.3 Å². The van der Waals surface area contributed by atoms with Gasteiger partial charge in [-0.05, 0) is 31.4 Å². The first-order valence-corrected chi connectivity index (χ1v) is 9.31. The number of rotatable bonds is 3. The molecule has 0 radical (unpaired) electrons. The highest BCUT2D eigenvalue weighted by Gasteiger charge is 2.65. The molecule has 1 aromatic carbocycles. The predicted molar refractivity (Wildman–Crippen MR) is 79.3 cm³/mol. The molecule has 1 spiro atoms. The van der Waals surface area contributed by atoms with Crippen LogP contribution >= 0.6 is 0 Å². The Labute approximate surface area is 125 Å². The number of sulfonamides is 1. The topological polar surface area (TPSA) is 55.4 Å². The number of nitrogens with one attached hydrogen (secondary N) is 1. The van der Waals surface area contributed by atoms with E-state index < -0.39 is 10.0 Å². The second-order valence-corrected chi connectivity index (χ2v) is 8.31. The van der Waals surface area contributed by atoms with Gasteiger partial charge in [-0.1, -0.05) is 31.0 Å². The van der Waals surface area contributed by atoms with Gasteiger partial charge in [0, 0.05) is 24.0 Å². The van der Waals surface area contributed by atoms with Crippen molar-refractivity contribution in [3.05, 3.63) is 30.3 Å². The van der Waals surface area contributed by atoms with Crippen LogP contribution < -0.4 is 4.72 Å². The summed E-state index contributed by atoms with van der Waals surface area (Å²) in [4.78, 5) is 0.362. The zero-order chi connectivity index (χ0) is 14.5. The van der Waals surface area contributed by atoms with E-state index >= 15 is 0 Å². The van der Waals surface area contributed by atoms with Gasteiger partial charge in [-0.3, -0.25) is 0 Å². The van der Waals surface area contributed by atoms with Crippen molar-refractivity contribution in [3.63, 3.8) is 0 Å². The Bertz CT molecular complexity index is 622. The highest BCUT2D eigenvalue weighted by atomic mass is 32.2. The Morgan fingerprint density at radius 3 is 2.57 bits per heavy atom. The summed E-state index contributed by atoms with van der Waals surface area (Å²) >= 11 is 0. The van der Waals surface area contributed by atoms with E-state index in [1.807, 2.05) is 6.07 Å². The molecule has 4 nitrogen and oxygen atoms in total. The molecule has 0 aromatic heterocycles. The fourth-order valence-corrected chi connectivity index (χ4v) is 6.09. The second-order valence-electron chi connectivity index (χ2n) is 6.60. The number of ether oxygens (including phenoxy) is 1. The minimum absolute atomic E-state index is 0.0534. The van der Waals surface area contributed by atoms with Crippen LogP contribution in [-0.2, 0) is 14.8 Å². The van der Waals surface area contributed by atoms with E-state index in [4.69, 9.17) is 4.74 Å². The van der Waals surface area contributed by atoms with Gasteiger partial charge in [0.05, 0.1) is 11.0 Å². The van der Waals surface area contributed by atoms with E-state index in [0.29, 0.717) is 10.8 Å². The van der Waals surface area contributed by atoms with Crippen LogP contribution in [0.5, 0.6) is 0 Å². The maximum absolute atomic E-state index is 12.6. The Hall–Kier alpha value is -0.910. The van der Waals surface area contributed by atoms with E-state index in [0.717, 1.165) is 25.9 Å². The van der Waals surface area contributed by atoms with Crippen molar-refractivity contribution in [2.24, 2.45) is 11.3 Å². The van der Waals surface area contributed by atoms with Gasteiger partial charge in [0.1, 0.15) is 0 Å². The molecule has 1 saturated heterocycles. The first kappa shape index (κ1) is 13.7. The Morgan fingerprint density at radius 1 is 1.14 bits per heavy atom. The second kappa shape index (κ2) is 4.80. The summed E-state index contributed by atoms with van der Waals surface area (Å²) in [6, 6.07) is 8.74. The maximum Gasteiger partial charge on any atom is 0.240 e. The molecule has 1 aromatic rings.